The summed E-state index contributed by atoms with van der Waals surface area (Å²) in [6.45, 7) is 0.286. The van der Waals surface area contributed by atoms with Gasteiger partial charge in [0.2, 0.25) is 0 Å². The van der Waals surface area contributed by atoms with Gasteiger partial charge in [0.15, 0.2) is 6.61 Å². The highest BCUT2D eigenvalue weighted by Gasteiger charge is 2.08. The zero-order valence-electron chi connectivity index (χ0n) is 19.7. The number of benzene rings is 4. The molecule has 0 aliphatic rings. The van der Waals surface area contributed by atoms with Gasteiger partial charge in [-0.05, 0) is 83.9 Å². The zero-order valence-corrected chi connectivity index (χ0v) is 21.3. The predicted molar refractivity (Wildman–Crippen MR) is 144 cm³/mol. The molecule has 0 saturated carbocycles. The predicted octanol–water partition coefficient (Wildman–Crippen LogP) is 5.78. The Kier molecular flexibility index (Phi) is 9.04. The Balaban J connectivity index is 1.17. The van der Waals surface area contributed by atoms with Crippen LogP contribution in [0.3, 0.4) is 0 Å². The molecule has 0 saturated heterocycles. The third kappa shape index (κ3) is 8.33. The molecule has 4 rings (SSSR count). The van der Waals surface area contributed by atoms with Gasteiger partial charge in [0.1, 0.15) is 23.9 Å². The standard InChI is InChI=1S/C29H23BrN2O5/c30-24-10-8-23(9-11-24)29(34)37-27-12-6-21(7-13-27)18-31-32-28(33)20-36-26-16-14-25(15-17-26)35-19-22-4-2-1-3-5-22/h1-18H,19-20H2,(H,32,33)/b31-18-. The normalized spacial score (nSPS) is 10.6. The summed E-state index contributed by atoms with van der Waals surface area (Å²) in [5, 5.41) is 3.93. The first-order chi connectivity index (χ1) is 18.0. The van der Waals surface area contributed by atoms with Gasteiger partial charge in [0.25, 0.3) is 5.91 Å². The third-order valence-corrected chi connectivity index (χ3v) is 5.54. The second-order valence-electron chi connectivity index (χ2n) is 7.79. The number of amides is 1. The van der Waals surface area contributed by atoms with Crippen LogP contribution in [-0.4, -0.2) is 24.7 Å². The molecule has 4 aromatic rings. The van der Waals surface area contributed by atoms with Crippen LogP contribution in [0, 0.1) is 0 Å². The molecule has 0 bridgehead atoms. The first-order valence-electron chi connectivity index (χ1n) is 11.3. The van der Waals surface area contributed by atoms with Crippen LogP contribution in [0.5, 0.6) is 17.2 Å². The Hall–Kier alpha value is -4.43. The molecule has 186 valence electrons. The number of esters is 1. The van der Waals surface area contributed by atoms with E-state index in [-0.39, 0.29) is 6.61 Å². The number of rotatable bonds is 10. The average Bonchev–Trinajstić information content (AvgIpc) is 2.93. The van der Waals surface area contributed by atoms with Crippen molar-refractivity contribution in [3.8, 4) is 17.2 Å². The minimum Gasteiger partial charge on any atom is -0.489 e. The van der Waals surface area contributed by atoms with E-state index in [4.69, 9.17) is 14.2 Å². The lowest BCUT2D eigenvalue weighted by Crippen LogP contribution is -2.24. The largest absolute Gasteiger partial charge is 0.489 e. The lowest BCUT2D eigenvalue weighted by atomic mass is 10.2. The van der Waals surface area contributed by atoms with E-state index in [0.29, 0.717) is 29.4 Å². The van der Waals surface area contributed by atoms with Crippen LogP contribution >= 0.6 is 15.9 Å². The van der Waals surface area contributed by atoms with Crippen LogP contribution < -0.4 is 19.6 Å². The van der Waals surface area contributed by atoms with Crippen molar-refractivity contribution in [1.29, 1.82) is 0 Å². The van der Waals surface area contributed by atoms with Crippen molar-refractivity contribution in [2.75, 3.05) is 6.61 Å². The summed E-state index contributed by atoms with van der Waals surface area (Å²) in [6.07, 6.45) is 1.48. The van der Waals surface area contributed by atoms with Crippen molar-refractivity contribution in [3.63, 3.8) is 0 Å². The monoisotopic (exact) mass is 558 g/mol. The molecule has 1 N–H and O–H groups in total. The SMILES string of the molecule is O=C(COc1ccc(OCc2ccccc2)cc1)N/N=C\c1ccc(OC(=O)c2ccc(Br)cc2)cc1. The molecule has 0 unspecified atom stereocenters. The van der Waals surface area contributed by atoms with E-state index < -0.39 is 11.9 Å². The number of carbonyl (C=O) groups excluding carboxylic acids is 2. The van der Waals surface area contributed by atoms with E-state index in [0.717, 1.165) is 15.6 Å². The van der Waals surface area contributed by atoms with E-state index in [9.17, 15) is 9.59 Å². The molecular formula is C29H23BrN2O5. The lowest BCUT2D eigenvalue weighted by Gasteiger charge is -2.08. The summed E-state index contributed by atoms with van der Waals surface area (Å²) >= 11 is 3.33. The molecule has 0 radical (unpaired) electrons. The third-order valence-electron chi connectivity index (χ3n) is 5.02. The van der Waals surface area contributed by atoms with Crippen LogP contribution in [0.25, 0.3) is 0 Å². The van der Waals surface area contributed by atoms with E-state index in [1.54, 1.807) is 72.8 Å². The van der Waals surface area contributed by atoms with Gasteiger partial charge in [-0.1, -0.05) is 46.3 Å². The molecule has 0 aliphatic carbocycles. The summed E-state index contributed by atoms with van der Waals surface area (Å²) in [5.41, 5.74) is 4.66. The van der Waals surface area contributed by atoms with Gasteiger partial charge in [0.05, 0.1) is 11.8 Å². The number of hydrogen-bond donors (Lipinski definition) is 1. The first kappa shape index (κ1) is 25.7. The van der Waals surface area contributed by atoms with Crippen LogP contribution in [0.1, 0.15) is 21.5 Å². The molecule has 8 heteroatoms. The highest BCUT2D eigenvalue weighted by atomic mass is 79.9. The molecule has 0 atom stereocenters. The highest BCUT2D eigenvalue weighted by Crippen LogP contribution is 2.19. The lowest BCUT2D eigenvalue weighted by molar-refractivity contribution is -0.123. The minimum absolute atomic E-state index is 0.188. The fraction of sp³-hybridized carbons (Fsp3) is 0.0690. The highest BCUT2D eigenvalue weighted by molar-refractivity contribution is 9.10. The molecule has 0 spiro atoms. The number of halogens is 1. The molecule has 0 fully saturated rings. The van der Waals surface area contributed by atoms with Crippen molar-refractivity contribution in [2.24, 2.45) is 5.10 Å². The van der Waals surface area contributed by atoms with Crippen molar-refractivity contribution in [3.05, 3.63) is 124 Å². The van der Waals surface area contributed by atoms with Crippen molar-refractivity contribution < 1.29 is 23.8 Å². The minimum atomic E-state index is -0.449. The van der Waals surface area contributed by atoms with E-state index in [2.05, 4.69) is 26.5 Å². The molecule has 0 aromatic heterocycles. The summed E-state index contributed by atoms with van der Waals surface area (Å²) in [5.74, 6) is 0.800. The molecular weight excluding hydrogens is 536 g/mol. The van der Waals surface area contributed by atoms with Crippen LogP contribution in [-0.2, 0) is 11.4 Å². The van der Waals surface area contributed by atoms with Crippen LogP contribution in [0.2, 0.25) is 0 Å². The summed E-state index contributed by atoms with van der Waals surface area (Å²) < 4.78 is 17.5. The number of hydrogen-bond acceptors (Lipinski definition) is 6. The molecule has 1 amide bonds. The Morgan fingerprint density at radius 3 is 2.05 bits per heavy atom. The van der Waals surface area contributed by atoms with Gasteiger partial charge in [-0.3, -0.25) is 4.79 Å². The fourth-order valence-electron chi connectivity index (χ4n) is 3.11. The number of ether oxygens (including phenoxy) is 3. The number of hydrazone groups is 1. The second kappa shape index (κ2) is 13.0. The number of nitrogens with one attached hydrogen (secondary N) is 1. The smallest absolute Gasteiger partial charge is 0.343 e. The van der Waals surface area contributed by atoms with Gasteiger partial charge in [0, 0.05) is 4.47 Å². The Morgan fingerprint density at radius 1 is 0.757 bits per heavy atom. The maximum Gasteiger partial charge on any atom is 0.343 e. The molecule has 7 nitrogen and oxygen atoms in total. The summed E-state index contributed by atoms with van der Waals surface area (Å²) in [7, 11) is 0. The molecule has 37 heavy (non-hydrogen) atoms. The first-order valence-corrected chi connectivity index (χ1v) is 12.1. The fourth-order valence-corrected chi connectivity index (χ4v) is 3.37. The van der Waals surface area contributed by atoms with Crippen LogP contribution in [0.15, 0.2) is 113 Å². The average molecular weight is 559 g/mol. The maximum atomic E-state index is 12.2. The number of nitrogens with zero attached hydrogens (tertiary/aromatic N) is 1. The Labute approximate surface area is 222 Å². The van der Waals surface area contributed by atoms with E-state index >= 15 is 0 Å². The zero-order chi connectivity index (χ0) is 25.9. The van der Waals surface area contributed by atoms with Crippen molar-refractivity contribution in [1.82, 2.24) is 5.43 Å². The topological polar surface area (TPSA) is 86.2 Å². The molecule has 4 aromatic carbocycles. The van der Waals surface area contributed by atoms with Gasteiger partial charge < -0.3 is 14.2 Å². The number of carbonyl (C=O) groups is 2. The van der Waals surface area contributed by atoms with E-state index in [1.807, 2.05) is 30.3 Å². The van der Waals surface area contributed by atoms with Gasteiger partial charge >= 0.3 is 5.97 Å². The molecule has 0 aliphatic heterocycles. The van der Waals surface area contributed by atoms with Gasteiger partial charge in [-0.2, -0.15) is 5.10 Å². The Morgan fingerprint density at radius 2 is 1.38 bits per heavy atom. The second-order valence-corrected chi connectivity index (χ2v) is 8.71. The summed E-state index contributed by atoms with van der Waals surface area (Å²) in [6, 6.07) is 30.6. The summed E-state index contributed by atoms with van der Waals surface area (Å²) in [4.78, 5) is 24.2. The van der Waals surface area contributed by atoms with E-state index in [1.165, 1.54) is 6.21 Å². The van der Waals surface area contributed by atoms with Crippen LogP contribution in [0.4, 0.5) is 0 Å². The van der Waals surface area contributed by atoms with Crippen molar-refractivity contribution in [2.45, 2.75) is 6.61 Å². The van der Waals surface area contributed by atoms with Gasteiger partial charge in [-0.25, -0.2) is 10.2 Å². The maximum absolute atomic E-state index is 12.2. The van der Waals surface area contributed by atoms with Crippen molar-refractivity contribution >= 4 is 34.0 Å². The van der Waals surface area contributed by atoms with Gasteiger partial charge in [-0.15, -0.1) is 0 Å². The quantitative estimate of drug-likeness (QED) is 0.115. The Bertz CT molecular complexity index is 1340. The molecule has 0 heterocycles.